The molecule has 0 saturated heterocycles. The zero-order chi connectivity index (χ0) is 29.2. The summed E-state index contributed by atoms with van der Waals surface area (Å²) < 4.78 is 5.41. The van der Waals surface area contributed by atoms with Crippen LogP contribution in [0.1, 0.15) is 45.1 Å². The summed E-state index contributed by atoms with van der Waals surface area (Å²) in [4.78, 5) is 48.0. The molecule has 11 nitrogen and oxygen atoms in total. The molecule has 2 rings (SSSR count). The minimum Gasteiger partial charge on any atom is -0.481 e. The van der Waals surface area contributed by atoms with Gasteiger partial charge in [0.05, 0.1) is 11.4 Å². The van der Waals surface area contributed by atoms with Crippen LogP contribution >= 0.6 is 11.6 Å². The summed E-state index contributed by atoms with van der Waals surface area (Å²) in [5.41, 5.74) is 2.63. The second kappa shape index (κ2) is 18.3. The molecule has 0 saturated carbocycles. The fourth-order valence-corrected chi connectivity index (χ4v) is 3.24. The van der Waals surface area contributed by atoms with Gasteiger partial charge in [-0.1, -0.05) is 38.1 Å². The van der Waals surface area contributed by atoms with Crippen molar-refractivity contribution in [3.05, 3.63) is 54.1 Å². The zero-order valence-electron chi connectivity index (χ0n) is 22.4. The van der Waals surface area contributed by atoms with E-state index < -0.39 is 30.1 Å². The lowest BCUT2D eigenvalue weighted by Gasteiger charge is -2.21. The van der Waals surface area contributed by atoms with Crippen molar-refractivity contribution in [3.8, 4) is 0 Å². The van der Waals surface area contributed by atoms with Crippen LogP contribution in [0.5, 0.6) is 0 Å². The molecule has 0 spiro atoms. The first-order valence-corrected chi connectivity index (χ1v) is 13.1. The Hall–Kier alpha value is -3.99. The number of hydrogen-bond donors (Lipinski definition) is 5. The molecule has 2 aromatic rings. The monoisotopic (exact) mass is 564 g/mol. The Labute approximate surface area is 233 Å². The number of carbonyl (C=O) groups is 4. The van der Waals surface area contributed by atoms with E-state index in [1.54, 1.807) is 31.3 Å². The Bertz CT molecular complexity index is 1070. The first-order valence-electron chi connectivity index (χ1n) is 12.5. The molecule has 0 bridgehead atoms. The molecular weight excluding hydrogens is 528 g/mol. The number of anilines is 3. The topological polar surface area (TPSA) is 157 Å². The van der Waals surface area contributed by atoms with E-state index in [0.29, 0.717) is 16.9 Å². The van der Waals surface area contributed by atoms with Crippen molar-refractivity contribution in [1.29, 1.82) is 0 Å². The summed E-state index contributed by atoms with van der Waals surface area (Å²) in [7, 11) is 1.63. The maximum absolute atomic E-state index is 12.6. The van der Waals surface area contributed by atoms with E-state index in [0.717, 1.165) is 24.5 Å². The maximum atomic E-state index is 12.6. The summed E-state index contributed by atoms with van der Waals surface area (Å²) in [6.07, 6.45) is 0.354. The number of benzene rings is 2. The number of halogens is 1. The fraction of sp³-hybridized carbons (Fsp3) is 0.407. The predicted molar refractivity (Wildman–Crippen MR) is 152 cm³/mol. The van der Waals surface area contributed by atoms with Crippen LogP contribution in [0.2, 0.25) is 0 Å². The highest BCUT2D eigenvalue weighted by Crippen LogP contribution is 2.25. The molecule has 39 heavy (non-hydrogen) atoms. The molecule has 0 aliphatic rings. The van der Waals surface area contributed by atoms with Gasteiger partial charge >= 0.3 is 24.1 Å². The molecule has 0 aliphatic heterocycles. The van der Waals surface area contributed by atoms with Gasteiger partial charge in [-0.3, -0.25) is 9.69 Å². The normalized spacial score (nSPS) is 10.8. The number of ether oxygens (including phenoxy) is 1. The van der Waals surface area contributed by atoms with Crippen molar-refractivity contribution in [3.63, 3.8) is 0 Å². The number of amides is 3. The largest absolute Gasteiger partial charge is 0.481 e. The van der Waals surface area contributed by atoms with Gasteiger partial charge in [-0.15, -0.1) is 11.6 Å². The minimum atomic E-state index is -1.25. The third-order valence-electron chi connectivity index (χ3n) is 5.17. The molecule has 214 valence electrons. The maximum Gasteiger partial charge on any atom is 0.414 e. The van der Waals surface area contributed by atoms with Gasteiger partial charge in [0, 0.05) is 31.6 Å². The Morgan fingerprint density at radius 1 is 1.03 bits per heavy atom. The Morgan fingerprint density at radius 3 is 2.26 bits per heavy atom. The van der Waals surface area contributed by atoms with E-state index in [-0.39, 0.29) is 25.9 Å². The van der Waals surface area contributed by atoms with Crippen molar-refractivity contribution in [2.24, 2.45) is 0 Å². The van der Waals surface area contributed by atoms with Crippen molar-refractivity contribution in [1.82, 2.24) is 5.32 Å². The molecule has 3 amide bonds. The van der Waals surface area contributed by atoms with E-state index in [4.69, 9.17) is 21.4 Å². The van der Waals surface area contributed by atoms with E-state index in [1.807, 2.05) is 31.2 Å². The van der Waals surface area contributed by atoms with E-state index in [2.05, 4.69) is 22.9 Å². The highest BCUT2D eigenvalue weighted by atomic mass is 35.5. The zero-order valence-corrected chi connectivity index (χ0v) is 23.2. The summed E-state index contributed by atoms with van der Waals surface area (Å²) in [5.74, 6) is -1.56. The SMILES string of the molecule is CCCNc1ccccc1N(C)C(=O)OCc1ccc(NC(=O)NC(CCCC(=O)O)C(=O)O)cc1.CCCl. The lowest BCUT2D eigenvalue weighted by molar-refractivity contribution is -0.140. The van der Waals surface area contributed by atoms with Crippen LogP contribution in [-0.2, 0) is 20.9 Å². The van der Waals surface area contributed by atoms with E-state index in [9.17, 15) is 24.3 Å². The van der Waals surface area contributed by atoms with Crippen molar-refractivity contribution in [2.75, 3.05) is 35.0 Å². The molecule has 1 atom stereocenters. The molecule has 0 aromatic heterocycles. The lowest BCUT2D eigenvalue weighted by atomic mass is 10.1. The third-order valence-corrected chi connectivity index (χ3v) is 5.17. The van der Waals surface area contributed by atoms with Gasteiger partial charge in [0.2, 0.25) is 0 Å². The predicted octanol–water partition coefficient (Wildman–Crippen LogP) is 5.36. The molecule has 5 N–H and O–H groups in total. The number of carbonyl (C=O) groups excluding carboxylic acids is 2. The van der Waals surface area contributed by atoms with Gasteiger partial charge < -0.3 is 30.9 Å². The van der Waals surface area contributed by atoms with Crippen LogP contribution in [0, 0.1) is 0 Å². The molecule has 0 aliphatic carbocycles. The number of para-hydroxylation sites is 2. The molecule has 0 fully saturated rings. The number of nitrogens with zero attached hydrogens (tertiary/aromatic N) is 1. The van der Waals surface area contributed by atoms with Gasteiger partial charge in [0.15, 0.2) is 0 Å². The Balaban J connectivity index is 0.00000242. The van der Waals surface area contributed by atoms with Crippen molar-refractivity contribution in [2.45, 2.75) is 52.2 Å². The average Bonchev–Trinajstić information content (AvgIpc) is 2.90. The second-order valence-corrected chi connectivity index (χ2v) is 8.83. The van der Waals surface area contributed by atoms with Crippen LogP contribution in [0.4, 0.5) is 26.7 Å². The quantitative estimate of drug-likeness (QED) is 0.203. The number of carboxylic acid groups (broad SMARTS) is 2. The van der Waals surface area contributed by atoms with Crippen LogP contribution in [0.25, 0.3) is 0 Å². The first-order chi connectivity index (χ1) is 18.6. The summed E-state index contributed by atoms with van der Waals surface area (Å²) in [6.45, 7) is 4.74. The van der Waals surface area contributed by atoms with Gasteiger partial charge in [-0.05, 0) is 49.1 Å². The molecule has 1 unspecified atom stereocenters. The molecular formula is C27H37ClN4O7. The molecule has 0 heterocycles. The number of carboxylic acids is 2. The Morgan fingerprint density at radius 2 is 1.67 bits per heavy atom. The van der Waals surface area contributed by atoms with E-state index in [1.165, 1.54) is 4.90 Å². The molecule has 0 radical (unpaired) electrons. The van der Waals surface area contributed by atoms with Crippen LogP contribution in [-0.4, -0.2) is 59.8 Å². The van der Waals surface area contributed by atoms with Crippen LogP contribution in [0.3, 0.4) is 0 Å². The van der Waals surface area contributed by atoms with Gasteiger partial charge in [-0.2, -0.15) is 0 Å². The van der Waals surface area contributed by atoms with Gasteiger partial charge in [-0.25, -0.2) is 14.4 Å². The fourth-order valence-electron chi connectivity index (χ4n) is 3.24. The smallest absolute Gasteiger partial charge is 0.414 e. The van der Waals surface area contributed by atoms with Crippen molar-refractivity contribution >= 4 is 52.7 Å². The number of nitrogens with one attached hydrogen (secondary N) is 3. The van der Waals surface area contributed by atoms with Gasteiger partial charge in [0.25, 0.3) is 0 Å². The summed E-state index contributed by atoms with van der Waals surface area (Å²) >= 11 is 5.00. The summed E-state index contributed by atoms with van der Waals surface area (Å²) in [6, 6.07) is 12.0. The molecule has 2 aromatic carbocycles. The Kier molecular flexibility index (Phi) is 15.5. The lowest BCUT2D eigenvalue weighted by Crippen LogP contribution is -2.43. The van der Waals surface area contributed by atoms with Crippen LogP contribution < -0.4 is 20.9 Å². The van der Waals surface area contributed by atoms with E-state index >= 15 is 0 Å². The first kappa shape index (κ1) is 33.0. The van der Waals surface area contributed by atoms with Gasteiger partial charge in [0.1, 0.15) is 12.6 Å². The number of alkyl halides is 1. The summed E-state index contributed by atoms with van der Waals surface area (Å²) in [5, 5.41) is 26.0. The van der Waals surface area contributed by atoms with Crippen LogP contribution in [0.15, 0.2) is 48.5 Å². The highest BCUT2D eigenvalue weighted by molar-refractivity contribution is 6.17. The molecule has 12 heteroatoms. The standard InChI is InChI=1S/C25H32N4O7.C2H5Cl/c1-3-15-26-19-7-4-5-9-21(19)29(2)25(35)36-16-17-11-13-18(14-12-17)27-24(34)28-20(23(32)33)8-6-10-22(30)31;1-2-3/h4-5,7,9,11-14,20,26H,3,6,8,10,15-16H2,1-2H3,(H,30,31)(H,32,33)(H2,27,28,34);2H2,1H3. The van der Waals surface area contributed by atoms with Crippen molar-refractivity contribution < 1.29 is 34.1 Å². The number of rotatable bonds is 13. The number of aliphatic carboxylic acids is 2. The third kappa shape index (κ3) is 12.9. The second-order valence-electron chi connectivity index (χ2n) is 8.30. The minimum absolute atomic E-state index is 0.00700. The average molecular weight is 565 g/mol. The highest BCUT2D eigenvalue weighted by Gasteiger charge is 2.20. The number of urea groups is 1. The number of hydrogen-bond acceptors (Lipinski definition) is 6.